The molecule has 2 amide bonds. The number of nitrogens with zero attached hydrogens (tertiary/aromatic N) is 2. The van der Waals surface area contributed by atoms with Gasteiger partial charge in [0.25, 0.3) is 5.91 Å². The molecule has 2 heterocycles. The highest BCUT2D eigenvalue weighted by atomic mass is 16.2. The van der Waals surface area contributed by atoms with Crippen LogP contribution in [0.25, 0.3) is 0 Å². The Balaban J connectivity index is 1.54. The van der Waals surface area contributed by atoms with Gasteiger partial charge in [0.2, 0.25) is 5.91 Å². The molecule has 2 aliphatic rings. The highest BCUT2D eigenvalue weighted by molar-refractivity contribution is 5.94. The first-order valence-electron chi connectivity index (χ1n) is 9.06. The third-order valence-electron chi connectivity index (χ3n) is 5.18. The number of hydrogen-bond donors (Lipinski definition) is 1. The summed E-state index contributed by atoms with van der Waals surface area (Å²) in [4.78, 5) is 29.0. The van der Waals surface area contributed by atoms with E-state index in [1.165, 1.54) is 5.56 Å². The molecule has 0 radical (unpaired) electrons. The summed E-state index contributed by atoms with van der Waals surface area (Å²) in [6.45, 7) is 6.54. The van der Waals surface area contributed by atoms with Gasteiger partial charge in [-0.15, -0.1) is 0 Å². The summed E-state index contributed by atoms with van der Waals surface area (Å²) in [5.74, 6) is 0.512. The molecule has 5 heteroatoms. The molecule has 2 aliphatic heterocycles. The fourth-order valence-electron chi connectivity index (χ4n) is 3.52. The molecule has 1 aromatic rings. The van der Waals surface area contributed by atoms with Crippen LogP contribution in [0, 0.1) is 5.92 Å². The second-order valence-electron chi connectivity index (χ2n) is 6.69. The van der Waals surface area contributed by atoms with E-state index in [4.69, 9.17) is 0 Å². The van der Waals surface area contributed by atoms with E-state index in [1.54, 1.807) is 0 Å². The Hall–Kier alpha value is -1.88. The van der Waals surface area contributed by atoms with Crippen LogP contribution in [0.15, 0.2) is 24.3 Å². The molecule has 0 unspecified atom stereocenters. The highest BCUT2D eigenvalue weighted by Gasteiger charge is 2.29. The van der Waals surface area contributed by atoms with Crippen LogP contribution in [0.3, 0.4) is 0 Å². The molecular formula is C19H27N3O2. The van der Waals surface area contributed by atoms with Crippen LogP contribution in [0.4, 0.5) is 0 Å². The number of piperidine rings is 1. The van der Waals surface area contributed by atoms with Crippen molar-refractivity contribution < 1.29 is 9.59 Å². The number of benzene rings is 1. The monoisotopic (exact) mass is 329 g/mol. The number of amides is 2. The Morgan fingerprint density at radius 1 is 1.00 bits per heavy atom. The molecule has 0 aliphatic carbocycles. The minimum absolute atomic E-state index is 0.0756. The van der Waals surface area contributed by atoms with Gasteiger partial charge in [0.05, 0.1) is 0 Å². The number of hydrogen-bond acceptors (Lipinski definition) is 3. The number of aryl methyl sites for hydroxylation is 1. The van der Waals surface area contributed by atoms with Gasteiger partial charge in [0.1, 0.15) is 0 Å². The lowest BCUT2D eigenvalue weighted by molar-refractivity contribution is -0.137. The number of carbonyl (C=O) groups excluding carboxylic acids is 2. The van der Waals surface area contributed by atoms with E-state index in [2.05, 4.69) is 12.2 Å². The van der Waals surface area contributed by atoms with Crippen molar-refractivity contribution in [3.05, 3.63) is 35.4 Å². The molecule has 0 spiro atoms. The van der Waals surface area contributed by atoms with E-state index in [9.17, 15) is 9.59 Å². The standard InChI is InChI=1S/C19H27N3O2/c1-2-15-3-5-16(6-4-15)18(23)21-11-13-22(14-12-21)19(24)17-7-9-20-10-8-17/h3-6,17,20H,2,7-14H2,1H3. The van der Waals surface area contributed by atoms with Crippen molar-refractivity contribution in [3.63, 3.8) is 0 Å². The molecule has 0 bridgehead atoms. The number of piperazine rings is 1. The van der Waals surface area contributed by atoms with Crippen molar-refractivity contribution in [2.45, 2.75) is 26.2 Å². The fourth-order valence-corrected chi connectivity index (χ4v) is 3.52. The topological polar surface area (TPSA) is 52.7 Å². The van der Waals surface area contributed by atoms with Gasteiger partial charge in [0, 0.05) is 37.7 Å². The summed E-state index contributed by atoms with van der Waals surface area (Å²) in [5.41, 5.74) is 1.98. The van der Waals surface area contributed by atoms with E-state index in [0.717, 1.165) is 37.9 Å². The lowest BCUT2D eigenvalue weighted by Gasteiger charge is -2.37. The first-order chi connectivity index (χ1) is 11.7. The zero-order valence-electron chi connectivity index (χ0n) is 14.5. The van der Waals surface area contributed by atoms with Gasteiger partial charge in [-0.3, -0.25) is 9.59 Å². The van der Waals surface area contributed by atoms with Crippen molar-refractivity contribution in [3.8, 4) is 0 Å². The van der Waals surface area contributed by atoms with Crippen LogP contribution >= 0.6 is 0 Å². The molecule has 2 saturated heterocycles. The molecule has 1 aromatic carbocycles. The van der Waals surface area contributed by atoms with Gasteiger partial charge in [-0.05, 0) is 50.0 Å². The Kier molecular flexibility index (Phi) is 5.51. The van der Waals surface area contributed by atoms with Gasteiger partial charge < -0.3 is 15.1 Å². The average Bonchev–Trinajstić information content (AvgIpc) is 2.68. The van der Waals surface area contributed by atoms with Crippen molar-refractivity contribution in [2.75, 3.05) is 39.3 Å². The van der Waals surface area contributed by atoms with Crippen LogP contribution in [-0.2, 0) is 11.2 Å². The molecule has 0 atom stereocenters. The zero-order valence-corrected chi connectivity index (χ0v) is 14.5. The number of nitrogens with one attached hydrogen (secondary N) is 1. The third kappa shape index (κ3) is 3.78. The molecular weight excluding hydrogens is 302 g/mol. The maximum Gasteiger partial charge on any atom is 0.253 e. The normalized spacial score (nSPS) is 19.4. The predicted octanol–water partition coefficient (Wildman–Crippen LogP) is 1.53. The number of rotatable bonds is 3. The van der Waals surface area contributed by atoms with E-state index in [-0.39, 0.29) is 17.7 Å². The van der Waals surface area contributed by atoms with E-state index >= 15 is 0 Å². The van der Waals surface area contributed by atoms with E-state index in [0.29, 0.717) is 26.2 Å². The summed E-state index contributed by atoms with van der Waals surface area (Å²) >= 11 is 0. The molecule has 0 aromatic heterocycles. The zero-order chi connectivity index (χ0) is 16.9. The Labute approximate surface area is 144 Å². The van der Waals surface area contributed by atoms with Crippen molar-refractivity contribution >= 4 is 11.8 Å². The SMILES string of the molecule is CCc1ccc(C(=O)N2CCN(C(=O)C3CCNCC3)CC2)cc1. The van der Waals surface area contributed by atoms with Crippen LogP contribution in [0.5, 0.6) is 0 Å². The maximum absolute atomic E-state index is 12.6. The van der Waals surface area contributed by atoms with Crippen LogP contribution in [0.2, 0.25) is 0 Å². The second-order valence-corrected chi connectivity index (χ2v) is 6.69. The largest absolute Gasteiger partial charge is 0.339 e. The summed E-state index contributed by atoms with van der Waals surface area (Å²) in [6, 6.07) is 7.86. The molecule has 3 rings (SSSR count). The van der Waals surface area contributed by atoms with E-state index in [1.807, 2.05) is 34.1 Å². The van der Waals surface area contributed by atoms with Crippen LogP contribution < -0.4 is 5.32 Å². The van der Waals surface area contributed by atoms with Crippen molar-refractivity contribution in [1.82, 2.24) is 15.1 Å². The highest BCUT2D eigenvalue weighted by Crippen LogP contribution is 2.17. The average molecular weight is 329 g/mol. The maximum atomic E-state index is 12.6. The minimum atomic E-state index is 0.0756. The fraction of sp³-hybridized carbons (Fsp3) is 0.579. The van der Waals surface area contributed by atoms with Crippen LogP contribution in [0.1, 0.15) is 35.7 Å². The van der Waals surface area contributed by atoms with Crippen LogP contribution in [-0.4, -0.2) is 60.9 Å². The van der Waals surface area contributed by atoms with Gasteiger partial charge in [-0.1, -0.05) is 19.1 Å². The minimum Gasteiger partial charge on any atom is -0.339 e. The molecule has 24 heavy (non-hydrogen) atoms. The Morgan fingerprint density at radius 2 is 1.58 bits per heavy atom. The smallest absolute Gasteiger partial charge is 0.253 e. The summed E-state index contributed by atoms with van der Waals surface area (Å²) in [5, 5.41) is 3.30. The first-order valence-corrected chi connectivity index (χ1v) is 9.06. The van der Waals surface area contributed by atoms with Gasteiger partial charge in [0.15, 0.2) is 0 Å². The Morgan fingerprint density at radius 3 is 2.17 bits per heavy atom. The van der Waals surface area contributed by atoms with Crippen molar-refractivity contribution in [2.24, 2.45) is 5.92 Å². The van der Waals surface area contributed by atoms with Gasteiger partial charge in [-0.25, -0.2) is 0 Å². The number of carbonyl (C=O) groups is 2. The van der Waals surface area contributed by atoms with E-state index < -0.39 is 0 Å². The first kappa shape index (κ1) is 17.0. The molecule has 2 fully saturated rings. The molecule has 5 nitrogen and oxygen atoms in total. The summed E-state index contributed by atoms with van der Waals surface area (Å²) < 4.78 is 0. The van der Waals surface area contributed by atoms with Gasteiger partial charge >= 0.3 is 0 Å². The Bertz CT molecular complexity index is 571. The summed E-state index contributed by atoms with van der Waals surface area (Å²) in [6.07, 6.45) is 2.84. The summed E-state index contributed by atoms with van der Waals surface area (Å²) in [7, 11) is 0. The predicted molar refractivity (Wildman–Crippen MR) is 93.9 cm³/mol. The quantitative estimate of drug-likeness (QED) is 0.915. The lowest BCUT2D eigenvalue weighted by Crippen LogP contribution is -2.52. The van der Waals surface area contributed by atoms with Gasteiger partial charge in [-0.2, -0.15) is 0 Å². The lowest BCUT2D eigenvalue weighted by atomic mass is 9.96. The van der Waals surface area contributed by atoms with Crippen molar-refractivity contribution in [1.29, 1.82) is 0 Å². The molecule has 1 N–H and O–H groups in total. The molecule has 130 valence electrons. The third-order valence-corrected chi connectivity index (χ3v) is 5.18. The molecule has 0 saturated carbocycles. The second kappa shape index (κ2) is 7.79.